The van der Waals surface area contributed by atoms with Crippen LogP contribution in [0.25, 0.3) is 0 Å². The monoisotopic (exact) mass is 277 g/mol. The number of carbonyl (C=O) groups is 1. The third kappa shape index (κ3) is 3.47. The average molecular weight is 277 g/mol. The molecule has 0 saturated carbocycles. The van der Waals surface area contributed by atoms with Crippen LogP contribution < -0.4 is 5.32 Å². The van der Waals surface area contributed by atoms with E-state index in [1.54, 1.807) is 37.6 Å². The molecule has 0 aliphatic rings. The predicted octanol–water partition coefficient (Wildman–Crippen LogP) is 1.56. The first kappa shape index (κ1) is 13.4. The van der Waals surface area contributed by atoms with E-state index in [0.29, 0.717) is 18.1 Å². The van der Waals surface area contributed by atoms with E-state index in [0.717, 1.165) is 10.7 Å². The van der Waals surface area contributed by atoms with Crippen LogP contribution in [0.2, 0.25) is 0 Å². The lowest BCUT2D eigenvalue weighted by atomic mass is 10.3. The first-order valence-electron chi connectivity index (χ1n) is 5.76. The Labute approximate surface area is 115 Å². The number of amides is 1. The van der Waals surface area contributed by atoms with Gasteiger partial charge in [-0.25, -0.2) is 4.98 Å². The van der Waals surface area contributed by atoms with Crippen LogP contribution in [0.5, 0.6) is 0 Å². The molecule has 0 aromatic carbocycles. The second-order valence-electron chi connectivity index (χ2n) is 4.21. The van der Waals surface area contributed by atoms with Gasteiger partial charge in [0, 0.05) is 19.5 Å². The van der Waals surface area contributed by atoms with Crippen molar-refractivity contribution >= 4 is 23.1 Å². The van der Waals surface area contributed by atoms with Crippen molar-refractivity contribution in [2.24, 2.45) is 0 Å². The molecule has 0 radical (unpaired) electrons. The lowest BCUT2D eigenvalue weighted by molar-refractivity contribution is 0.0821. The SMILES string of the molecule is Cc1nc(CNc2ccc(C(=O)N(C)C)nn2)cs1. The molecule has 0 unspecified atom stereocenters. The fourth-order valence-corrected chi connectivity index (χ4v) is 2.05. The molecule has 100 valence electrons. The topological polar surface area (TPSA) is 71.0 Å². The fraction of sp³-hybridized carbons (Fsp3) is 0.333. The molecule has 0 saturated heterocycles. The highest BCUT2D eigenvalue weighted by Crippen LogP contribution is 2.10. The maximum absolute atomic E-state index is 11.6. The van der Waals surface area contributed by atoms with Crippen LogP contribution in [-0.2, 0) is 6.54 Å². The lowest BCUT2D eigenvalue weighted by Gasteiger charge is -2.09. The summed E-state index contributed by atoms with van der Waals surface area (Å²) in [6, 6.07) is 3.40. The largest absolute Gasteiger partial charge is 0.363 e. The molecule has 2 heterocycles. The number of hydrogen-bond donors (Lipinski definition) is 1. The molecule has 6 nitrogen and oxygen atoms in total. The highest BCUT2D eigenvalue weighted by molar-refractivity contribution is 7.09. The molecule has 0 atom stereocenters. The van der Waals surface area contributed by atoms with Gasteiger partial charge in [0.2, 0.25) is 0 Å². The molecule has 0 spiro atoms. The molecule has 7 heteroatoms. The molecule has 1 amide bonds. The Balaban J connectivity index is 1.97. The number of nitrogens with zero attached hydrogens (tertiary/aromatic N) is 4. The summed E-state index contributed by atoms with van der Waals surface area (Å²) in [7, 11) is 3.36. The van der Waals surface area contributed by atoms with Gasteiger partial charge in [-0.2, -0.15) is 0 Å². The number of rotatable bonds is 4. The molecule has 0 aliphatic heterocycles. The van der Waals surface area contributed by atoms with E-state index in [1.807, 2.05) is 12.3 Å². The van der Waals surface area contributed by atoms with E-state index in [-0.39, 0.29) is 5.91 Å². The Hall–Kier alpha value is -2.02. The van der Waals surface area contributed by atoms with E-state index in [9.17, 15) is 4.79 Å². The summed E-state index contributed by atoms with van der Waals surface area (Å²) in [5.41, 5.74) is 1.30. The van der Waals surface area contributed by atoms with Crippen molar-refractivity contribution in [3.63, 3.8) is 0 Å². The van der Waals surface area contributed by atoms with Gasteiger partial charge < -0.3 is 10.2 Å². The summed E-state index contributed by atoms with van der Waals surface area (Å²) < 4.78 is 0. The number of aryl methyl sites for hydroxylation is 1. The normalized spacial score (nSPS) is 10.3. The molecular formula is C12H15N5OS. The Morgan fingerprint density at radius 1 is 1.37 bits per heavy atom. The molecule has 0 aliphatic carbocycles. The summed E-state index contributed by atoms with van der Waals surface area (Å²) in [5.74, 6) is 0.468. The van der Waals surface area contributed by atoms with Gasteiger partial charge in [0.1, 0.15) is 5.82 Å². The van der Waals surface area contributed by atoms with Gasteiger partial charge in [0.15, 0.2) is 5.69 Å². The Morgan fingerprint density at radius 2 is 2.16 bits per heavy atom. The van der Waals surface area contributed by atoms with Crippen molar-refractivity contribution in [2.75, 3.05) is 19.4 Å². The van der Waals surface area contributed by atoms with Crippen LogP contribution in [0.15, 0.2) is 17.5 Å². The highest BCUT2D eigenvalue weighted by atomic mass is 32.1. The second kappa shape index (κ2) is 5.75. The van der Waals surface area contributed by atoms with Gasteiger partial charge in [-0.15, -0.1) is 21.5 Å². The minimum Gasteiger partial charge on any atom is -0.363 e. The van der Waals surface area contributed by atoms with Crippen molar-refractivity contribution in [1.29, 1.82) is 0 Å². The minimum absolute atomic E-state index is 0.158. The highest BCUT2D eigenvalue weighted by Gasteiger charge is 2.09. The van der Waals surface area contributed by atoms with E-state index in [1.165, 1.54) is 4.90 Å². The minimum atomic E-state index is -0.158. The van der Waals surface area contributed by atoms with Crippen molar-refractivity contribution in [3.05, 3.63) is 33.9 Å². The quantitative estimate of drug-likeness (QED) is 0.918. The van der Waals surface area contributed by atoms with E-state index < -0.39 is 0 Å². The zero-order chi connectivity index (χ0) is 13.8. The summed E-state index contributed by atoms with van der Waals surface area (Å²) in [4.78, 5) is 17.4. The Morgan fingerprint density at radius 3 is 2.68 bits per heavy atom. The standard InChI is InChI=1S/C12H15N5OS/c1-8-14-9(7-19-8)6-13-11-5-4-10(15-16-11)12(18)17(2)3/h4-5,7H,6H2,1-3H3,(H,13,16). The summed E-state index contributed by atoms with van der Waals surface area (Å²) >= 11 is 1.61. The smallest absolute Gasteiger partial charge is 0.273 e. The van der Waals surface area contributed by atoms with Crippen molar-refractivity contribution in [3.8, 4) is 0 Å². The maximum atomic E-state index is 11.6. The zero-order valence-corrected chi connectivity index (χ0v) is 11.9. The van der Waals surface area contributed by atoms with Crippen LogP contribution in [-0.4, -0.2) is 40.1 Å². The summed E-state index contributed by atoms with van der Waals surface area (Å²) in [6.45, 7) is 2.57. The molecule has 2 aromatic rings. The van der Waals surface area contributed by atoms with Crippen molar-refractivity contribution in [1.82, 2.24) is 20.1 Å². The Bertz CT molecular complexity index is 564. The third-order valence-electron chi connectivity index (χ3n) is 2.41. The molecule has 0 fully saturated rings. The van der Waals surface area contributed by atoms with E-state index in [4.69, 9.17) is 0 Å². The molecule has 1 N–H and O–H groups in total. The van der Waals surface area contributed by atoms with E-state index in [2.05, 4.69) is 20.5 Å². The van der Waals surface area contributed by atoms with Crippen LogP contribution in [0.1, 0.15) is 21.2 Å². The molecule has 2 rings (SSSR count). The Kier molecular flexibility index (Phi) is 4.06. The van der Waals surface area contributed by atoms with Gasteiger partial charge in [-0.1, -0.05) is 0 Å². The van der Waals surface area contributed by atoms with Gasteiger partial charge in [-0.3, -0.25) is 4.79 Å². The number of anilines is 1. The zero-order valence-electron chi connectivity index (χ0n) is 11.0. The van der Waals surface area contributed by atoms with Crippen molar-refractivity contribution in [2.45, 2.75) is 13.5 Å². The van der Waals surface area contributed by atoms with Crippen LogP contribution in [0.4, 0.5) is 5.82 Å². The molecule has 19 heavy (non-hydrogen) atoms. The molecular weight excluding hydrogens is 262 g/mol. The maximum Gasteiger partial charge on any atom is 0.273 e. The molecule has 0 bridgehead atoms. The van der Waals surface area contributed by atoms with Crippen LogP contribution in [0, 0.1) is 6.92 Å². The van der Waals surface area contributed by atoms with Gasteiger partial charge in [0.25, 0.3) is 5.91 Å². The van der Waals surface area contributed by atoms with Gasteiger partial charge in [-0.05, 0) is 19.1 Å². The van der Waals surface area contributed by atoms with Gasteiger partial charge in [0.05, 0.1) is 17.2 Å². The molecule has 2 aromatic heterocycles. The number of carbonyl (C=O) groups excluding carboxylic acids is 1. The summed E-state index contributed by atoms with van der Waals surface area (Å²) in [5, 5.41) is 14.0. The second-order valence-corrected chi connectivity index (χ2v) is 5.28. The van der Waals surface area contributed by atoms with E-state index >= 15 is 0 Å². The van der Waals surface area contributed by atoms with Crippen molar-refractivity contribution < 1.29 is 4.79 Å². The number of nitrogens with one attached hydrogen (secondary N) is 1. The first-order valence-corrected chi connectivity index (χ1v) is 6.64. The number of thiazole rings is 1. The van der Waals surface area contributed by atoms with Crippen LogP contribution in [0.3, 0.4) is 0 Å². The fourth-order valence-electron chi connectivity index (χ4n) is 1.44. The summed E-state index contributed by atoms with van der Waals surface area (Å²) in [6.07, 6.45) is 0. The average Bonchev–Trinajstić information content (AvgIpc) is 2.82. The third-order valence-corrected chi connectivity index (χ3v) is 3.23. The first-order chi connectivity index (χ1) is 9.06. The van der Waals surface area contributed by atoms with Crippen LogP contribution >= 0.6 is 11.3 Å². The van der Waals surface area contributed by atoms with Gasteiger partial charge >= 0.3 is 0 Å². The lowest BCUT2D eigenvalue weighted by Crippen LogP contribution is -2.23. The number of aromatic nitrogens is 3. The predicted molar refractivity (Wildman–Crippen MR) is 74.2 cm³/mol. The number of hydrogen-bond acceptors (Lipinski definition) is 6.